The first kappa shape index (κ1) is 13.9. The summed E-state index contributed by atoms with van der Waals surface area (Å²) in [6, 6.07) is 9.81. The van der Waals surface area contributed by atoms with E-state index in [1.807, 2.05) is 18.2 Å². The average molecular weight is 305 g/mol. The summed E-state index contributed by atoms with van der Waals surface area (Å²) in [5, 5.41) is 0.279. The normalized spacial score (nSPS) is 13.9. The van der Waals surface area contributed by atoms with E-state index in [-0.39, 0.29) is 16.5 Å². The van der Waals surface area contributed by atoms with E-state index < -0.39 is 5.82 Å². The maximum atomic E-state index is 13.9. The summed E-state index contributed by atoms with van der Waals surface area (Å²) in [6.07, 6.45) is 0.747. The molecule has 0 radical (unpaired) electrons. The lowest BCUT2D eigenvalue weighted by atomic mass is 9.98. The van der Waals surface area contributed by atoms with E-state index in [0.717, 1.165) is 18.1 Å². The van der Waals surface area contributed by atoms with E-state index in [1.165, 1.54) is 17.7 Å². The summed E-state index contributed by atoms with van der Waals surface area (Å²) >= 11 is 5.71. The zero-order valence-corrected chi connectivity index (χ0v) is 12.0. The van der Waals surface area contributed by atoms with Gasteiger partial charge in [-0.2, -0.15) is 0 Å². The lowest BCUT2D eigenvalue weighted by Gasteiger charge is -2.29. The van der Waals surface area contributed by atoms with Crippen molar-refractivity contribution in [2.24, 2.45) is 0 Å². The monoisotopic (exact) mass is 304 g/mol. The molecule has 0 spiro atoms. The number of amides is 1. The molecule has 1 amide bonds. The van der Waals surface area contributed by atoms with Gasteiger partial charge in [0.05, 0.1) is 5.56 Å². The number of hydrogen-bond acceptors (Lipinski definition) is 2. The average Bonchev–Trinajstić information content (AvgIpc) is 2.46. The molecule has 0 atom stereocenters. The molecule has 0 aromatic heterocycles. The summed E-state index contributed by atoms with van der Waals surface area (Å²) < 4.78 is 13.9. The molecule has 21 heavy (non-hydrogen) atoms. The molecule has 2 aromatic carbocycles. The molecule has 3 rings (SSSR count). The van der Waals surface area contributed by atoms with Gasteiger partial charge in [-0.05, 0) is 47.9 Å². The van der Waals surface area contributed by atoms with Gasteiger partial charge in [0.1, 0.15) is 5.82 Å². The number of carbonyl (C=O) groups is 1. The van der Waals surface area contributed by atoms with Gasteiger partial charge in [-0.25, -0.2) is 4.39 Å². The highest BCUT2D eigenvalue weighted by atomic mass is 35.5. The van der Waals surface area contributed by atoms with Gasteiger partial charge in [-0.3, -0.25) is 4.79 Å². The van der Waals surface area contributed by atoms with Crippen molar-refractivity contribution in [1.29, 1.82) is 0 Å². The van der Waals surface area contributed by atoms with Gasteiger partial charge in [0.15, 0.2) is 0 Å². The first-order valence-corrected chi connectivity index (χ1v) is 7.04. The Balaban J connectivity index is 1.87. The van der Waals surface area contributed by atoms with Crippen molar-refractivity contribution in [1.82, 2.24) is 4.90 Å². The lowest BCUT2D eigenvalue weighted by Crippen LogP contribution is -2.36. The second-order valence-electron chi connectivity index (χ2n) is 5.13. The van der Waals surface area contributed by atoms with Crippen LogP contribution in [0.4, 0.5) is 10.1 Å². The van der Waals surface area contributed by atoms with Crippen LogP contribution >= 0.6 is 11.6 Å². The second-order valence-corrected chi connectivity index (χ2v) is 5.57. The molecular formula is C16H14ClFN2O. The molecule has 2 N–H and O–H groups in total. The van der Waals surface area contributed by atoms with E-state index >= 15 is 0 Å². The molecule has 1 heterocycles. The molecule has 5 heteroatoms. The van der Waals surface area contributed by atoms with Crippen LogP contribution in [0.5, 0.6) is 0 Å². The minimum atomic E-state index is -0.592. The van der Waals surface area contributed by atoms with Crippen LogP contribution in [0.1, 0.15) is 21.5 Å². The van der Waals surface area contributed by atoms with Gasteiger partial charge < -0.3 is 10.6 Å². The van der Waals surface area contributed by atoms with Crippen molar-refractivity contribution in [3.05, 3.63) is 63.9 Å². The number of nitrogens with zero attached hydrogens (tertiary/aromatic N) is 1. The van der Waals surface area contributed by atoms with Gasteiger partial charge in [-0.15, -0.1) is 0 Å². The van der Waals surface area contributed by atoms with Crippen LogP contribution in [-0.4, -0.2) is 17.4 Å². The third kappa shape index (κ3) is 2.72. The first-order valence-electron chi connectivity index (χ1n) is 6.66. The molecule has 0 unspecified atom stereocenters. The third-order valence-electron chi connectivity index (χ3n) is 3.69. The Morgan fingerprint density at radius 3 is 2.76 bits per heavy atom. The SMILES string of the molecule is Nc1ccc2c(c1)CN(C(=O)c1ccc(Cl)cc1F)CC2. The first-order chi connectivity index (χ1) is 10.0. The molecular weight excluding hydrogens is 291 g/mol. The number of anilines is 1. The second kappa shape index (κ2) is 5.37. The number of rotatable bonds is 1. The molecule has 0 saturated carbocycles. The zero-order chi connectivity index (χ0) is 15.0. The minimum absolute atomic E-state index is 0.0479. The molecule has 0 aliphatic carbocycles. The Labute approximate surface area is 127 Å². The Kier molecular flexibility index (Phi) is 3.55. The van der Waals surface area contributed by atoms with Gasteiger partial charge in [0, 0.05) is 23.8 Å². The Morgan fingerprint density at radius 1 is 1.19 bits per heavy atom. The van der Waals surface area contributed by atoms with Crippen molar-refractivity contribution < 1.29 is 9.18 Å². The maximum Gasteiger partial charge on any atom is 0.257 e. The molecule has 3 nitrogen and oxygen atoms in total. The number of nitrogens with two attached hydrogens (primary N) is 1. The van der Waals surface area contributed by atoms with Crippen molar-refractivity contribution in [3.63, 3.8) is 0 Å². The van der Waals surface area contributed by atoms with Crippen LogP contribution in [0.15, 0.2) is 36.4 Å². The summed E-state index contributed by atoms with van der Waals surface area (Å²) in [5.74, 6) is -0.914. The highest BCUT2D eigenvalue weighted by Gasteiger charge is 2.23. The number of fused-ring (bicyclic) bond motifs is 1. The van der Waals surface area contributed by atoms with Crippen LogP contribution < -0.4 is 5.73 Å². The number of benzene rings is 2. The summed E-state index contributed by atoms with van der Waals surface area (Å²) in [5.41, 5.74) is 8.70. The zero-order valence-electron chi connectivity index (χ0n) is 11.3. The molecule has 1 aliphatic rings. The molecule has 108 valence electrons. The van der Waals surface area contributed by atoms with Crippen LogP contribution in [-0.2, 0) is 13.0 Å². The molecule has 0 saturated heterocycles. The standard InChI is InChI=1S/C16H14ClFN2O/c17-12-2-4-14(15(18)8-12)16(21)20-6-5-10-1-3-13(19)7-11(10)9-20/h1-4,7-8H,5-6,9,19H2. The van der Waals surface area contributed by atoms with E-state index in [4.69, 9.17) is 17.3 Å². The number of hydrogen-bond donors (Lipinski definition) is 1. The van der Waals surface area contributed by atoms with Crippen LogP contribution in [0.3, 0.4) is 0 Å². The smallest absolute Gasteiger partial charge is 0.257 e. The van der Waals surface area contributed by atoms with Gasteiger partial charge in [-0.1, -0.05) is 17.7 Å². The largest absolute Gasteiger partial charge is 0.399 e. The van der Waals surface area contributed by atoms with Crippen molar-refractivity contribution in [2.75, 3.05) is 12.3 Å². The number of carbonyl (C=O) groups excluding carboxylic acids is 1. The third-order valence-corrected chi connectivity index (χ3v) is 3.93. The molecule has 1 aliphatic heterocycles. The van der Waals surface area contributed by atoms with Crippen LogP contribution in [0.2, 0.25) is 5.02 Å². The van der Waals surface area contributed by atoms with Crippen molar-refractivity contribution in [3.8, 4) is 0 Å². The number of nitrogen functional groups attached to an aromatic ring is 1. The maximum absolute atomic E-state index is 13.9. The molecule has 0 bridgehead atoms. The fourth-order valence-electron chi connectivity index (χ4n) is 2.58. The van der Waals surface area contributed by atoms with Gasteiger partial charge in [0.2, 0.25) is 0 Å². The Morgan fingerprint density at radius 2 is 2.00 bits per heavy atom. The summed E-state index contributed by atoms with van der Waals surface area (Å²) in [4.78, 5) is 14.1. The van der Waals surface area contributed by atoms with Crippen molar-refractivity contribution >= 4 is 23.2 Å². The predicted octanol–water partition coefficient (Wildman–Crippen LogP) is 3.26. The summed E-state index contributed by atoms with van der Waals surface area (Å²) in [7, 11) is 0. The predicted molar refractivity (Wildman–Crippen MR) is 80.7 cm³/mol. The fraction of sp³-hybridized carbons (Fsp3) is 0.188. The fourth-order valence-corrected chi connectivity index (χ4v) is 2.74. The molecule has 2 aromatic rings. The van der Waals surface area contributed by atoms with E-state index in [0.29, 0.717) is 18.8 Å². The minimum Gasteiger partial charge on any atom is -0.399 e. The van der Waals surface area contributed by atoms with Gasteiger partial charge in [0.25, 0.3) is 5.91 Å². The summed E-state index contributed by atoms with van der Waals surface area (Å²) in [6.45, 7) is 1.01. The van der Waals surface area contributed by atoms with Crippen molar-refractivity contribution in [2.45, 2.75) is 13.0 Å². The lowest BCUT2D eigenvalue weighted by molar-refractivity contribution is 0.0730. The molecule has 0 fully saturated rings. The van der Waals surface area contributed by atoms with Gasteiger partial charge >= 0.3 is 0 Å². The van der Waals surface area contributed by atoms with E-state index in [2.05, 4.69) is 0 Å². The topological polar surface area (TPSA) is 46.3 Å². The highest BCUT2D eigenvalue weighted by molar-refractivity contribution is 6.30. The van der Waals surface area contributed by atoms with E-state index in [1.54, 1.807) is 4.90 Å². The Hall–Kier alpha value is -2.07. The van der Waals surface area contributed by atoms with E-state index in [9.17, 15) is 9.18 Å². The van der Waals surface area contributed by atoms with Crippen LogP contribution in [0, 0.1) is 5.82 Å². The number of halogens is 2. The van der Waals surface area contributed by atoms with Crippen LogP contribution in [0.25, 0.3) is 0 Å². The Bertz CT molecular complexity index is 717. The highest BCUT2D eigenvalue weighted by Crippen LogP contribution is 2.24. The quantitative estimate of drug-likeness (QED) is 0.822.